The van der Waals surface area contributed by atoms with Crippen molar-refractivity contribution in [2.45, 2.75) is 50.5 Å². The monoisotopic (exact) mass is 244 g/mol. The summed E-state index contributed by atoms with van der Waals surface area (Å²) in [5.41, 5.74) is 0.835. The van der Waals surface area contributed by atoms with Crippen molar-refractivity contribution in [3.05, 3.63) is 48.6 Å². The zero-order valence-electron chi connectivity index (χ0n) is 11.3. The van der Waals surface area contributed by atoms with E-state index in [0.717, 1.165) is 18.4 Å². The second kappa shape index (κ2) is 5.71. The highest BCUT2D eigenvalue weighted by atomic mass is 16.3. The van der Waals surface area contributed by atoms with Crippen LogP contribution in [0.5, 0.6) is 0 Å². The topological polar surface area (TPSA) is 20.2 Å². The molecule has 0 bridgehead atoms. The highest BCUT2D eigenvalue weighted by molar-refractivity contribution is 5.31. The van der Waals surface area contributed by atoms with Crippen molar-refractivity contribution < 1.29 is 5.11 Å². The fraction of sp³-hybridized carbons (Fsp3) is 0.529. The molecule has 1 aliphatic rings. The molecule has 0 radical (unpaired) electrons. The second-order valence-corrected chi connectivity index (χ2v) is 5.70. The number of aliphatic hydroxyl groups excluding tert-OH is 1. The molecule has 0 saturated heterocycles. The molecule has 1 aromatic rings. The Labute approximate surface area is 111 Å². The third-order valence-corrected chi connectivity index (χ3v) is 4.53. The van der Waals surface area contributed by atoms with Crippen LogP contribution in [0.3, 0.4) is 0 Å². The second-order valence-electron chi connectivity index (χ2n) is 5.70. The number of aliphatic hydroxyl groups is 1. The van der Waals surface area contributed by atoms with Gasteiger partial charge >= 0.3 is 0 Å². The van der Waals surface area contributed by atoms with Crippen LogP contribution in [0.1, 0.15) is 44.6 Å². The lowest BCUT2D eigenvalue weighted by molar-refractivity contribution is 0.0384. The lowest BCUT2D eigenvalue weighted by Crippen LogP contribution is -2.41. The zero-order chi connectivity index (χ0) is 13.0. The maximum absolute atomic E-state index is 10.8. The van der Waals surface area contributed by atoms with Gasteiger partial charge in [-0.25, -0.2) is 0 Å². The quantitative estimate of drug-likeness (QED) is 0.792. The molecule has 0 heterocycles. The molecule has 1 saturated carbocycles. The molecular weight excluding hydrogens is 220 g/mol. The van der Waals surface area contributed by atoms with Crippen LogP contribution >= 0.6 is 0 Å². The van der Waals surface area contributed by atoms with Gasteiger partial charge in [0.05, 0.1) is 6.10 Å². The minimum absolute atomic E-state index is 0.322. The van der Waals surface area contributed by atoms with Crippen LogP contribution in [0.15, 0.2) is 43.0 Å². The maximum atomic E-state index is 10.8. The van der Waals surface area contributed by atoms with E-state index in [2.05, 4.69) is 25.6 Å². The standard InChI is InChI=1S/C17H24O/c1-3-17(2,15-12-8-5-9-13-15)16(18)14-10-6-4-7-11-14/h3,5,8-9,12-14,16,18H,1,4,6-7,10-11H2,2H3/t16-,17-/m1/s1. The molecule has 0 aliphatic heterocycles. The lowest BCUT2D eigenvalue weighted by Gasteiger charge is -2.38. The summed E-state index contributed by atoms with van der Waals surface area (Å²) in [7, 11) is 0. The summed E-state index contributed by atoms with van der Waals surface area (Å²) in [6.45, 7) is 6.07. The fourth-order valence-electron chi connectivity index (χ4n) is 3.15. The third-order valence-electron chi connectivity index (χ3n) is 4.53. The van der Waals surface area contributed by atoms with Crippen LogP contribution in [0.2, 0.25) is 0 Å². The number of benzene rings is 1. The Morgan fingerprint density at radius 3 is 2.39 bits per heavy atom. The lowest BCUT2D eigenvalue weighted by atomic mass is 9.69. The SMILES string of the molecule is C=C[C@](C)(c1ccccc1)[C@H](O)C1CCCCC1. The normalized spacial score (nSPS) is 22.1. The van der Waals surface area contributed by atoms with Gasteiger partial charge in [-0.05, 0) is 31.2 Å². The van der Waals surface area contributed by atoms with Crippen molar-refractivity contribution in [1.82, 2.24) is 0 Å². The Bertz CT molecular complexity index is 378. The molecule has 1 aromatic carbocycles. The molecule has 2 atom stereocenters. The van der Waals surface area contributed by atoms with E-state index in [-0.39, 0.29) is 11.5 Å². The molecule has 0 aromatic heterocycles. The van der Waals surface area contributed by atoms with Crippen molar-refractivity contribution in [1.29, 1.82) is 0 Å². The molecule has 0 amide bonds. The Balaban J connectivity index is 2.23. The first-order chi connectivity index (χ1) is 8.68. The van der Waals surface area contributed by atoms with Gasteiger partial charge in [-0.15, -0.1) is 6.58 Å². The first-order valence-electron chi connectivity index (χ1n) is 7.05. The van der Waals surface area contributed by atoms with E-state index in [1.165, 1.54) is 19.3 Å². The van der Waals surface area contributed by atoms with E-state index in [1.807, 2.05) is 24.3 Å². The smallest absolute Gasteiger partial charge is 0.0696 e. The fourth-order valence-corrected chi connectivity index (χ4v) is 3.15. The van der Waals surface area contributed by atoms with Gasteiger partial charge in [0.2, 0.25) is 0 Å². The van der Waals surface area contributed by atoms with E-state index < -0.39 is 0 Å². The number of hydrogen-bond acceptors (Lipinski definition) is 1. The largest absolute Gasteiger partial charge is 0.392 e. The van der Waals surface area contributed by atoms with Crippen LogP contribution in [-0.2, 0) is 5.41 Å². The van der Waals surface area contributed by atoms with E-state index in [1.54, 1.807) is 0 Å². The molecule has 1 nitrogen and oxygen atoms in total. The van der Waals surface area contributed by atoms with Crippen molar-refractivity contribution in [3.8, 4) is 0 Å². The zero-order valence-corrected chi connectivity index (χ0v) is 11.3. The summed E-state index contributed by atoms with van der Waals surface area (Å²) in [6, 6.07) is 10.3. The van der Waals surface area contributed by atoms with Gasteiger partial charge in [-0.1, -0.05) is 55.7 Å². The highest BCUT2D eigenvalue weighted by Crippen LogP contribution is 2.38. The van der Waals surface area contributed by atoms with E-state index in [4.69, 9.17) is 0 Å². The predicted molar refractivity (Wildman–Crippen MR) is 76.6 cm³/mol. The van der Waals surface area contributed by atoms with Gasteiger partial charge in [0.15, 0.2) is 0 Å². The van der Waals surface area contributed by atoms with Crippen LogP contribution in [0, 0.1) is 5.92 Å². The Morgan fingerprint density at radius 1 is 1.22 bits per heavy atom. The average Bonchev–Trinajstić information content (AvgIpc) is 2.47. The van der Waals surface area contributed by atoms with Gasteiger partial charge in [0, 0.05) is 5.41 Å². The molecule has 0 spiro atoms. The van der Waals surface area contributed by atoms with E-state index >= 15 is 0 Å². The first-order valence-corrected chi connectivity index (χ1v) is 7.05. The Morgan fingerprint density at radius 2 is 1.83 bits per heavy atom. The molecule has 18 heavy (non-hydrogen) atoms. The molecule has 2 rings (SSSR count). The first kappa shape index (κ1) is 13.4. The van der Waals surface area contributed by atoms with Gasteiger partial charge in [-0.3, -0.25) is 0 Å². The third kappa shape index (κ3) is 2.51. The van der Waals surface area contributed by atoms with Crippen LogP contribution in [0.4, 0.5) is 0 Å². The van der Waals surface area contributed by atoms with E-state index in [9.17, 15) is 5.11 Å². The summed E-state index contributed by atoms with van der Waals surface area (Å²) < 4.78 is 0. The summed E-state index contributed by atoms with van der Waals surface area (Å²) in [5, 5.41) is 10.8. The summed E-state index contributed by atoms with van der Waals surface area (Å²) in [4.78, 5) is 0. The van der Waals surface area contributed by atoms with Crippen LogP contribution in [0.25, 0.3) is 0 Å². The average molecular weight is 244 g/mol. The highest BCUT2D eigenvalue weighted by Gasteiger charge is 2.37. The number of hydrogen-bond donors (Lipinski definition) is 1. The molecular formula is C17H24O. The van der Waals surface area contributed by atoms with Gasteiger partial charge in [-0.2, -0.15) is 0 Å². The Kier molecular flexibility index (Phi) is 4.23. The van der Waals surface area contributed by atoms with Crippen molar-refractivity contribution in [2.24, 2.45) is 5.92 Å². The minimum Gasteiger partial charge on any atom is -0.392 e. The molecule has 1 N–H and O–H groups in total. The van der Waals surface area contributed by atoms with Crippen LogP contribution < -0.4 is 0 Å². The summed E-state index contributed by atoms with van der Waals surface area (Å²) >= 11 is 0. The van der Waals surface area contributed by atoms with Crippen LogP contribution in [-0.4, -0.2) is 11.2 Å². The molecule has 1 aliphatic carbocycles. The summed E-state index contributed by atoms with van der Waals surface area (Å²) in [5.74, 6) is 0.418. The Hall–Kier alpha value is -1.08. The maximum Gasteiger partial charge on any atom is 0.0696 e. The van der Waals surface area contributed by atoms with Gasteiger partial charge < -0.3 is 5.11 Å². The van der Waals surface area contributed by atoms with Crippen molar-refractivity contribution in [3.63, 3.8) is 0 Å². The number of rotatable bonds is 4. The molecule has 0 unspecified atom stereocenters. The van der Waals surface area contributed by atoms with Gasteiger partial charge in [0.1, 0.15) is 0 Å². The molecule has 1 heteroatoms. The summed E-state index contributed by atoms with van der Waals surface area (Å²) in [6.07, 6.45) is 7.72. The minimum atomic E-state index is -0.330. The van der Waals surface area contributed by atoms with Gasteiger partial charge in [0.25, 0.3) is 0 Å². The van der Waals surface area contributed by atoms with E-state index in [0.29, 0.717) is 5.92 Å². The molecule has 98 valence electrons. The van der Waals surface area contributed by atoms with Crippen molar-refractivity contribution in [2.75, 3.05) is 0 Å². The van der Waals surface area contributed by atoms with Crippen molar-refractivity contribution >= 4 is 0 Å². The molecule has 1 fully saturated rings. The predicted octanol–water partition coefficient (Wildman–Crippen LogP) is 4.07.